The van der Waals surface area contributed by atoms with E-state index in [9.17, 15) is 14.4 Å². The van der Waals surface area contributed by atoms with Crippen LogP contribution in [0.3, 0.4) is 0 Å². The highest BCUT2D eigenvalue weighted by Crippen LogP contribution is 2.27. The predicted octanol–water partition coefficient (Wildman–Crippen LogP) is 2.45. The second-order valence-electron chi connectivity index (χ2n) is 6.21. The first-order valence-electron chi connectivity index (χ1n) is 9.40. The number of halogens is 1. The maximum atomic E-state index is 12.1. The van der Waals surface area contributed by atoms with Gasteiger partial charge in [0.25, 0.3) is 5.91 Å². The lowest BCUT2D eigenvalue weighted by atomic mass is 10.2. The highest BCUT2D eigenvalue weighted by atomic mass is 79.9. The molecule has 0 aliphatic rings. The zero-order chi connectivity index (χ0) is 22.6. The van der Waals surface area contributed by atoms with Crippen LogP contribution in [0.25, 0.3) is 0 Å². The second kappa shape index (κ2) is 12.3. The molecule has 0 bridgehead atoms. The lowest BCUT2D eigenvalue weighted by Crippen LogP contribution is -2.38. The third-order valence-electron chi connectivity index (χ3n) is 3.80. The van der Waals surface area contributed by atoms with Crippen molar-refractivity contribution in [2.75, 3.05) is 25.6 Å². The third-order valence-corrected chi connectivity index (χ3v) is 4.32. The largest absolute Gasteiger partial charge is 0.493 e. The summed E-state index contributed by atoms with van der Waals surface area (Å²) in [5.74, 6) is -1.17. The molecule has 9 nitrogen and oxygen atoms in total. The molecule has 0 radical (unpaired) electrons. The second-order valence-corrected chi connectivity index (χ2v) is 7.12. The minimum atomic E-state index is -0.853. The van der Waals surface area contributed by atoms with Crippen LogP contribution in [0.5, 0.6) is 11.5 Å². The molecule has 3 amide bonds. The summed E-state index contributed by atoms with van der Waals surface area (Å²) in [5, 5.41) is 8.93. The maximum absolute atomic E-state index is 12.1. The average Bonchev–Trinajstić information content (AvgIpc) is 2.77. The lowest BCUT2D eigenvalue weighted by molar-refractivity contribution is -0.139. The summed E-state index contributed by atoms with van der Waals surface area (Å²) < 4.78 is 11.7. The molecule has 2 aromatic rings. The van der Waals surface area contributed by atoms with Gasteiger partial charge in [-0.2, -0.15) is 5.10 Å². The normalized spacial score (nSPS) is 10.4. The Labute approximate surface area is 188 Å². The van der Waals surface area contributed by atoms with Crippen molar-refractivity contribution < 1.29 is 23.9 Å². The number of hydrogen-bond donors (Lipinski definition) is 3. The molecule has 0 atom stereocenters. The van der Waals surface area contributed by atoms with Gasteiger partial charge in [0.05, 0.1) is 13.3 Å². The fourth-order valence-corrected chi connectivity index (χ4v) is 2.56. The predicted molar refractivity (Wildman–Crippen MR) is 120 cm³/mol. The molecule has 0 spiro atoms. The van der Waals surface area contributed by atoms with E-state index < -0.39 is 11.8 Å². The molecule has 0 aliphatic heterocycles. The third kappa shape index (κ3) is 8.09. The fraction of sp³-hybridized carbons (Fsp3) is 0.238. The van der Waals surface area contributed by atoms with Gasteiger partial charge in [0.2, 0.25) is 0 Å². The van der Waals surface area contributed by atoms with Crippen molar-refractivity contribution in [1.82, 2.24) is 10.7 Å². The van der Waals surface area contributed by atoms with E-state index in [1.807, 2.05) is 19.1 Å². The number of hydrogen-bond acceptors (Lipinski definition) is 6. The standard InChI is InChI=1S/C21H23BrN4O5/c1-3-10-23-20(28)21(29)26-24-12-14-4-9-17(18(11-14)30-2)31-13-19(27)25-16-7-5-15(22)6-8-16/h4-9,11-12H,3,10,13H2,1-2H3,(H,23,28)(H,25,27)(H,26,29)/b24-12-. The SMILES string of the molecule is CCCNC(=O)C(=O)N/N=C\c1ccc(OCC(=O)Nc2ccc(Br)cc2)c(OC)c1. The van der Waals surface area contributed by atoms with Crippen LogP contribution in [-0.2, 0) is 14.4 Å². The molecule has 164 valence electrons. The molecule has 0 saturated carbocycles. The van der Waals surface area contributed by atoms with Crippen LogP contribution in [0.4, 0.5) is 5.69 Å². The van der Waals surface area contributed by atoms with Crippen LogP contribution in [0.1, 0.15) is 18.9 Å². The fourth-order valence-electron chi connectivity index (χ4n) is 2.29. The number of rotatable bonds is 9. The van der Waals surface area contributed by atoms with Gasteiger partial charge < -0.3 is 20.1 Å². The van der Waals surface area contributed by atoms with E-state index >= 15 is 0 Å². The molecule has 31 heavy (non-hydrogen) atoms. The number of methoxy groups -OCH3 is 1. The molecule has 0 heterocycles. The maximum Gasteiger partial charge on any atom is 0.329 e. The van der Waals surface area contributed by atoms with E-state index in [0.29, 0.717) is 29.3 Å². The summed E-state index contributed by atoms with van der Waals surface area (Å²) >= 11 is 3.33. The smallest absolute Gasteiger partial charge is 0.329 e. The number of ether oxygens (including phenoxy) is 2. The zero-order valence-corrected chi connectivity index (χ0v) is 18.7. The van der Waals surface area contributed by atoms with Crippen molar-refractivity contribution in [3.63, 3.8) is 0 Å². The van der Waals surface area contributed by atoms with E-state index in [4.69, 9.17) is 9.47 Å². The monoisotopic (exact) mass is 490 g/mol. The summed E-state index contributed by atoms with van der Waals surface area (Å²) in [5.41, 5.74) is 3.40. The molecular formula is C21H23BrN4O5. The van der Waals surface area contributed by atoms with E-state index in [2.05, 4.69) is 37.1 Å². The van der Waals surface area contributed by atoms with Gasteiger partial charge in [0.1, 0.15) is 0 Å². The van der Waals surface area contributed by atoms with Crippen LogP contribution in [0.15, 0.2) is 52.0 Å². The Balaban J connectivity index is 1.90. The van der Waals surface area contributed by atoms with Gasteiger partial charge in [0, 0.05) is 16.7 Å². The van der Waals surface area contributed by atoms with Crippen molar-refractivity contribution in [2.45, 2.75) is 13.3 Å². The molecule has 0 aliphatic carbocycles. The Bertz CT molecular complexity index is 947. The Morgan fingerprint density at radius 1 is 1.06 bits per heavy atom. The van der Waals surface area contributed by atoms with Crippen LogP contribution in [-0.4, -0.2) is 44.2 Å². The van der Waals surface area contributed by atoms with Crippen molar-refractivity contribution in [3.05, 3.63) is 52.5 Å². The lowest BCUT2D eigenvalue weighted by Gasteiger charge is -2.11. The first-order chi connectivity index (χ1) is 14.9. The van der Waals surface area contributed by atoms with E-state index in [0.717, 1.165) is 10.9 Å². The minimum Gasteiger partial charge on any atom is -0.493 e. The number of carbonyl (C=O) groups excluding carboxylic acids is 3. The molecule has 10 heteroatoms. The van der Waals surface area contributed by atoms with E-state index in [1.54, 1.807) is 30.3 Å². The summed E-state index contributed by atoms with van der Waals surface area (Å²) in [4.78, 5) is 35.2. The van der Waals surface area contributed by atoms with Crippen molar-refractivity contribution in [1.29, 1.82) is 0 Å². The molecule has 0 aromatic heterocycles. The number of nitrogens with zero attached hydrogens (tertiary/aromatic N) is 1. The molecule has 0 unspecified atom stereocenters. The van der Waals surface area contributed by atoms with Crippen molar-refractivity contribution >= 4 is 45.6 Å². The van der Waals surface area contributed by atoms with Gasteiger partial charge >= 0.3 is 11.8 Å². The number of nitrogens with one attached hydrogen (secondary N) is 3. The highest BCUT2D eigenvalue weighted by molar-refractivity contribution is 9.10. The average molecular weight is 491 g/mol. The topological polar surface area (TPSA) is 118 Å². The number of benzene rings is 2. The Morgan fingerprint density at radius 3 is 2.48 bits per heavy atom. The zero-order valence-electron chi connectivity index (χ0n) is 17.1. The summed E-state index contributed by atoms with van der Waals surface area (Å²) in [7, 11) is 1.46. The number of hydrazone groups is 1. The first kappa shape index (κ1) is 23.9. The van der Waals surface area contributed by atoms with Crippen LogP contribution in [0.2, 0.25) is 0 Å². The number of amides is 3. The van der Waals surface area contributed by atoms with E-state index in [-0.39, 0.29) is 12.5 Å². The molecule has 3 N–H and O–H groups in total. The Morgan fingerprint density at radius 2 is 1.81 bits per heavy atom. The highest BCUT2D eigenvalue weighted by Gasteiger charge is 2.11. The van der Waals surface area contributed by atoms with Gasteiger partial charge in [-0.05, 0) is 54.4 Å². The summed E-state index contributed by atoms with van der Waals surface area (Å²) in [6.07, 6.45) is 2.08. The molecule has 0 fully saturated rings. The van der Waals surface area contributed by atoms with Crippen LogP contribution >= 0.6 is 15.9 Å². The van der Waals surface area contributed by atoms with Gasteiger partial charge in [-0.25, -0.2) is 5.43 Å². The van der Waals surface area contributed by atoms with Gasteiger partial charge in [0.15, 0.2) is 18.1 Å². The molecular weight excluding hydrogens is 468 g/mol. The van der Waals surface area contributed by atoms with Crippen LogP contribution in [0, 0.1) is 0 Å². The molecule has 2 rings (SSSR count). The quantitative estimate of drug-likeness (QED) is 0.283. The number of anilines is 1. The van der Waals surface area contributed by atoms with Crippen molar-refractivity contribution in [3.8, 4) is 11.5 Å². The first-order valence-corrected chi connectivity index (χ1v) is 10.2. The molecule has 2 aromatic carbocycles. The van der Waals surface area contributed by atoms with Gasteiger partial charge in [-0.15, -0.1) is 0 Å². The Kier molecular flexibility index (Phi) is 9.50. The van der Waals surface area contributed by atoms with Gasteiger partial charge in [-0.1, -0.05) is 22.9 Å². The van der Waals surface area contributed by atoms with E-state index in [1.165, 1.54) is 13.3 Å². The van der Waals surface area contributed by atoms with Crippen molar-refractivity contribution in [2.24, 2.45) is 5.10 Å². The molecule has 0 saturated heterocycles. The minimum absolute atomic E-state index is 0.206. The summed E-state index contributed by atoms with van der Waals surface area (Å²) in [6, 6.07) is 12.1. The Hall–Kier alpha value is -3.40. The van der Waals surface area contributed by atoms with Crippen LogP contribution < -0.4 is 25.5 Å². The van der Waals surface area contributed by atoms with Gasteiger partial charge in [-0.3, -0.25) is 14.4 Å². The summed E-state index contributed by atoms with van der Waals surface area (Å²) in [6.45, 7) is 2.09. The number of carbonyl (C=O) groups is 3.